The lowest BCUT2D eigenvalue weighted by molar-refractivity contribution is -0.144. The molecule has 1 aliphatic rings. The maximum absolute atomic E-state index is 13.6. The first kappa shape index (κ1) is 29.5. The fraction of sp³-hybridized carbons (Fsp3) is 0.548. The highest BCUT2D eigenvalue weighted by atomic mass is 16.5. The first-order valence-electron chi connectivity index (χ1n) is 14.0. The molecule has 3 atom stereocenters. The minimum absolute atomic E-state index is 0.0681. The van der Waals surface area contributed by atoms with Crippen LogP contribution in [0.2, 0.25) is 0 Å². The first-order chi connectivity index (χ1) is 18.4. The van der Waals surface area contributed by atoms with Crippen molar-refractivity contribution in [2.75, 3.05) is 39.9 Å². The van der Waals surface area contributed by atoms with Gasteiger partial charge in [0.2, 0.25) is 5.91 Å². The molecule has 1 amide bonds. The van der Waals surface area contributed by atoms with Gasteiger partial charge in [0, 0.05) is 31.6 Å². The number of ether oxygens (including phenoxy) is 2. The molecule has 1 fully saturated rings. The van der Waals surface area contributed by atoms with Crippen LogP contribution in [0.3, 0.4) is 0 Å². The predicted octanol–water partition coefficient (Wildman–Crippen LogP) is 5.75. The van der Waals surface area contributed by atoms with Crippen molar-refractivity contribution < 1.29 is 24.2 Å². The van der Waals surface area contributed by atoms with Crippen molar-refractivity contribution >= 4 is 11.9 Å². The third kappa shape index (κ3) is 7.50. The molecule has 0 saturated carbocycles. The second-order valence-corrected chi connectivity index (χ2v) is 10.1. The van der Waals surface area contributed by atoms with Gasteiger partial charge in [-0.15, -0.1) is 0 Å². The molecule has 1 aliphatic heterocycles. The van der Waals surface area contributed by atoms with Crippen molar-refractivity contribution in [3.63, 3.8) is 0 Å². The van der Waals surface area contributed by atoms with Crippen molar-refractivity contribution in [2.45, 2.75) is 64.8 Å². The number of carboxylic acids is 1. The van der Waals surface area contributed by atoms with E-state index in [1.807, 2.05) is 53.4 Å². The second kappa shape index (κ2) is 14.8. The van der Waals surface area contributed by atoms with E-state index in [1.165, 1.54) is 0 Å². The lowest BCUT2D eigenvalue weighted by atomic mass is 9.83. The molecule has 1 N–H and O–H groups in total. The maximum Gasteiger partial charge on any atom is 0.309 e. The van der Waals surface area contributed by atoms with Crippen LogP contribution in [0.1, 0.15) is 76.0 Å². The monoisotopic (exact) mass is 524 g/mol. The third-order valence-electron chi connectivity index (χ3n) is 7.38. The molecule has 0 bridgehead atoms. The minimum atomic E-state index is -0.856. The summed E-state index contributed by atoms with van der Waals surface area (Å²) in [5.74, 6) is -0.248. The van der Waals surface area contributed by atoms with Crippen molar-refractivity contribution in [1.82, 2.24) is 9.80 Å². The van der Waals surface area contributed by atoms with E-state index in [-0.39, 0.29) is 18.4 Å². The summed E-state index contributed by atoms with van der Waals surface area (Å²) in [5.41, 5.74) is 1.83. The van der Waals surface area contributed by atoms with Crippen LogP contribution in [0.5, 0.6) is 11.5 Å². The van der Waals surface area contributed by atoms with Gasteiger partial charge < -0.3 is 19.5 Å². The Labute approximate surface area is 227 Å². The highest BCUT2D eigenvalue weighted by Gasteiger charge is 2.48. The van der Waals surface area contributed by atoms with E-state index in [9.17, 15) is 14.7 Å². The number of likely N-dealkylation sites (tertiary alicyclic amines) is 1. The summed E-state index contributed by atoms with van der Waals surface area (Å²) in [4.78, 5) is 30.4. The van der Waals surface area contributed by atoms with Gasteiger partial charge in [-0.25, -0.2) is 0 Å². The van der Waals surface area contributed by atoms with Crippen LogP contribution in [0.15, 0.2) is 48.5 Å². The molecule has 0 aliphatic carbocycles. The number of methoxy groups -OCH3 is 1. The van der Waals surface area contributed by atoms with Crippen LogP contribution in [0.25, 0.3) is 0 Å². The van der Waals surface area contributed by atoms with Crippen molar-refractivity contribution in [2.24, 2.45) is 5.92 Å². The van der Waals surface area contributed by atoms with Crippen LogP contribution in [0, 0.1) is 5.92 Å². The summed E-state index contributed by atoms with van der Waals surface area (Å²) in [6.07, 6.45) is 4.89. The number of hydrogen-bond acceptors (Lipinski definition) is 5. The zero-order valence-corrected chi connectivity index (χ0v) is 23.4. The van der Waals surface area contributed by atoms with Crippen LogP contribution in [-0.2, 0) is 9.59 Å². The Bertz CT molecular complexity index is 1000. The average molecular weight is 525 g/mol. The van der Waals surface area contributed by atoms with Crippen molar-refractivity contribution in [3.8, 4) is 11.5 Å². The lowest BCUT2D eigenvalue weighted by Gasteiger charge is -2.30. The molecule has 3 rings (SSSR count). The Balaban J connectivity index is 1.94. The van der Waals surface area contributed by atoms with Gasteiger partial charge in [-0.3, -0.25) is 14.5 Å². The first-order valence-corrected chi connectivity index (χ1v) is 14.0. The Morgan fingerprint density at radius 1 is 0.895 bits per heavy atom. The van der Waals surface area contributed by atoms with Gasteiger partial charge >= 0.3 is 5.97 Å². The summed E-state index contributed by atoms with van der Waals surface area (Å²) in [7, 11) is 1.61. The maximum atomic E-state index is 13.6. The summed E-state index contributed by atoms with van der Waals surface area (Å²) >= 11 is 0. The smallest absolute Gasteiger partial charge is 0.309 e. The predicted molar refractivity (Wildman–Crippen MR) is 150 cm³/mol. The second-order valence-electron chi connectivity index (χ2n) is 10.1. The SMILES string of the molecule is CCCCN(CCCC)C(=O)CN1C[C@H](c2ccc(OCCC)cc2)[C@H](C(=O)O)[C@H]1c1ccc(OC)cc1. The van der Waals surface area contributed by atoms with E-state index in [0.29, 0.717) is 18.9 Å². The van der Waals surface area contributed by atoms with Gasteiger partial charge in [0.1, 0.15) is 11.5 Å². The van der Waals surface area contributed by atoms with Gasteiger partial charge in [-0.2, -0.15) is 0 Å². The van der Waals surface area contributed by atoms with Crippen molar-refractivity contribution in [3.05, 3.63) is 59.7 Å². The number of amides is 1. The Morgan fingerprint density at radius 2 is 1.47 bits per heavy atom. The largest absolute Gasteiger partial charge is 0.497 e. The standard InChI is InChI=1S/C31H44N2O5/c1-5-8-18-32(19-9-6-2)28(34)22-33-21-27(23-10-16-26(17-11-23)38-20-7-3)29(31(35)36)30(33)24-12-14-25(37-4)15-13-24/h10-17,27,29-30H,5-9,18-22H2,1-4H3,(H,35,36)/t27-,29+,30-/m1/s1. The molecule has 1 heterocycles. The number of nitrogens with zero attached hydrogens (tertiary/aromatic N) is 2. The molecule has 0 unspecified atom stereocenters. The van der Waals surface area contributed by atoms with Crippen molar-refractivity contribution in [1.29, 1.82) is 0 Å². The number of carboxylic acid groups (broad SMARTS) is 1. The summed E-state index contributed by atoms with van der Waals surface area (Å²) in [6.45, 7) is 9.12. The lowest BCUT2D eigenvalue weighted by Crippen LogP contribution is -2.42. The van der Waals surface area contributed by atoms with Crippen LogP contribution in [-0.4, -0.2) is 66.7 Å². The van der Waals surface area contributed by atoms with E-state index < -0.39 is 17.9 Å². The molecule has 0 radical (unpaired) electrons. The summed E-state index contributed by atoms with van der Waals surface area (Å²) in [5, 5.41) is 10.5. The normalized spacial score (nSPS) is 19.3. The minimum Gasteiger partial charge on any atom is -0.497 e. The molecule has 7 heteroatoms. The Morgan fingerprint density at radius 3 is 2.00 bits per heavy atom. The molecule has 208 valence electrons. The van der Waals surface area contributed by atoms with Gasteiger partial charge in [-0.05, 0) is 54.7 Å². The van der Waals surface area contributed by atoms with Crippen LogP contribution >= 0.6 is 0 Å². The zero-order chi connectivity index (χ0) is 27.5. The molecule has 7 nitrogen and oxygen atoms in total. The quantitative estimate of drug-likeness (QED) is 0.319. The van der Waals surface area contributed by atoms with Gasteiger partial charge in [-0.1, -0.05) is 57.9 Å². The molecular weight excluding hydrogens is 480 g/mol. The number of unbranched alkanes of at least 4 members (excludes halogenated alkanes) is 2. The highest BCUT2D eigenvalue weighted by molar-refractivity contribution is 5.79. The van der Waals surface area contributed by atoms with E-state index >= 15 is 0 Å². The number of carbonyl (C=O) groups excluding carboxylic acids is 1. The molecule has 2 aromatic rings. The molecule has 2 aromatic carbocycles. The third-order valence-corrected chi connectivity index (χ3v) is 7.38. The van der Waals surface area contributed by atoms with E-state index in [2.05, 4.69) is 25.7 Å². The molecule has 0 aromatic heterocycles. The molecule has 38 heavy (non-hydrogen) atoms. The average Bonchev–Trinajstić information content (AvgIpc) is 3.31. The molecule has 0 spiro atoms. The highest BCUT2D eigenvalue weighted by Crippen LogP contribution is 2.46. The molecular formula is C31H44N2O5. The van der Waals surface area contributed by atoms with Gasteiger partial charge in [0.25, 0.3) is 0 Å². The number of benzene rings is 2. The van der Waals surface area contributed by atoms with Crippen LogP contribution in [0.4, 0.5) is 0 Å². The van der Waals surface area contributed by atoms with E-state index in [0.717, 1.165) is 62.1 Å². The van der Waals surface area contributed by atoms with E-state index in [4.69, 9.17) is 9.47 Å². The summed E-state index contributed by atoms with van der Waals surface area (Å²) in [6, 6.07) is 14.9. The Kier molecular flexibility index (Phi) is 11.5. The fourth-order valence-corrected chi connectivity index (χ4v) is 5.29. The zero-order valence-electron chi connectivity index (χ0n) is 23.4. The summed E-state index contributed by atoms with van der Waals surface area (Å²) < 4.78 is 11.1. The topological polar surface area (TPSA) is 79.3 Å². The number of carbonyl (C=O) groups is 2. The van der Waals surface area contributed by atoms with Gasteiger partial charge in [0.05, 0.1) is 26.2 Å². The molecule has 1 saturated heterocycles. The number of hydrogen-bond donors (Lipinski definition) is 1. The number of aliphatic carboxylic acids is 1. The fourth-order valence-electron chi connectivity index (χ4n) is 5.29. The Hall–Kier alpha value is -3.06. The van der Waals surface area contributed by atoms with Crippen LogP contribution < -0.4 is 9.47 Å². The number of rotatable bonds is 15. The van der Waals surface area contributed by atoms with E-state index in [1.54, 1.807) is 7.11 Å². The van der Waals surface area contributed by atoms with Gasteiger partial charge in [0.15, 0.2) is 0 Å².